The molecule has 4 heteroatoms. The van der Waals surface area contributed by atoms with Gasteiger partial charge in [-0.25, -0.2) is 0 Å². The summed E-state index contributed by atoms with van der Waals surface area (Å²) in [4.78, 5) is 14.6. The van der Waals surface area contributed by atoms with Crippen molar-refractivity contribution in [1.29, 1.82) is 0 Å². The van der Waals surface area contributed by atoms with Crippen LogP contribution in [-0.2, 0) is 0 Å². The van der Waals surface area contributed by atoms with Crippen LogP contribution >= 0.6 is 0 Å². The first-order valence-corrected chi connectivity index (χ1v) is 8.87. The molecule has 1 atom stereocenters. The molecule has 1 aliphatic heterocycles. The van der Waals surface area contributed by atoms with Crippen LogP contribution in [0.5, 0.6) is 0 Å². The van der Waals surface area contributed by atoms with Gasteiger partial charge in [-0.15, -0.1) is 0 Å². The van der Waals surface area contributed by atoms with Gasteiger partial charge < -0.3 is 15.1 Å². The lowest BCUT2D eigenvalue weighted by molar-refractivity contribution is 0.0651. The number of hydrogen-bond acceptors (Lipinski definition) is 3. The van der Waals surface area contributed by atoms with Crippen molar-refractivity contribution >= 4 is 5.91 Å². The Balaban J connectivity index is 1.76. The van der Waals surface area contributed by atoms with Crippen LogP contribution in [0.2, 0.25) is 0 Å². The molecule has 0 radical (unpaired) electrons. The van der Waals surface area contributed by atoms with Gasteiger partial charge in [0.25, 0.3) is 5.91 Å². The molecule has 132 valence electrons. The molecule has 1 amide bonds. The molecule has 1 heterocycles. The van der Waals surface area contributed by atoms with E-state index in [0.29, 0.717) is 24.6 Å². The molecule has 0 unspecified atom stereocenters. The minimum atomic E-state index is -0.483. The number of benzene rings is 2. The van der Waals surface area contributed by atoms with Gasteiger partial charge in [0.2, 0.25) is 0 Å². The van der Waals surface area contributed by atoms with Crippen LogP contribution in [0.4, 0.5) is 0 Å². The Morgan fingerprint density at radius 1 is 1.12 bits per heavy atom. The Labute approximate surface area is 148 Å². The van der Waals surface area contributed by atoms with Gasteiger partial charge in [0, 0.05) is 25.3 Å². The minimum absolute atomic E-state index is 0.0545. The number of nitrogens with zero attached hydrogens (tertiary/aromatic N) is 1. The van der Waals surface area contributed by atoms with Crippen LogP contribution in [0.1, 0.15) is 41.8 Å². The van der Waals surface area contributed by atoms with Gasteiger partial charge in [0.1, 0.15) is 0 Å². The number of carbonyl (C=O) groups excluding carboxylic acids is 1. The van der Waals surface area contributed by atoms with E-state index in [1.807, 2.05) is 53.4 Å². The van der Waals surface area contributed by atoms with Gasteiger partial charge in [0.15, 0.2) is 0 Å². The average Bonchev–Trinajstić information content (AvgIpc) is 2.67. The summed E-state index contributed by atoms with van der Waals surface area (Å²) in [5, 5.41) is 18.8. The Morgan fingerprint density at radius 3 is 2.40 bits per heavy atom. The summed E-state index contributed by atoms with van der Waals surface area (Å²) >= 11 is 0. The van der Waals surface area contributed by atoms with Crippen molar-refractivity contribution in [3.8, 4) is 11.1 Å². The maximum Gasteiger partial charge on any atom is 0.253 e. The van der Waals surface area contributed by atoms with E-state index < -0.39 is 6.10 Å². The monoisotopic (exact) mass is 339 g/mol. The zero-order valence-electron chi connectivity index (χ0n) is 14.6. The van der Waals surface area contributed by atoms with Gasteiger partial charge in [-0.2, -0.15) is 0 Å². The predicted octanol–water partition coefficient (Wildman–Crippen LogP) is 3.25. The third-order valence-corrected chi connectivity index (χ3v) is 5.00. The Bertz CT molecular complexity index is 716. The van der Waals surface area contributed by atoms with Crippen molar-refractivity contribution in [2.24, 2.45) is 5.92 Å². The highest BCUT2D eigenvalue weighted by molar-refractivity contribution is 5.95. The number of piperidine rings is 1. The summed E-state index contributed by atoms with van der Waals surface area (Å²) in [6.45, 7) is 3.36. The number of hydrogen-bond donors (Lipinski definition) is 2. The van der Waals surface area contributed by atoms with E-state index in [0.717, 1.165) is 29.5 Å². The third-order valence-electron chi connectivity index (χ3n) is 5.00. The number of rotatable bonds is 4. The predicted molar refractivity (Wildman–Crippen MR) is 98.2 cm³/mol. The first kappa shape index (κ1) is 17.6. The van der Waals surface area contributed by atoms with Crippen molar-refractivity contribution in [1.82, 2.24) is 4.90 Å². The van der Waals surface area contributed by atoms with E-state index in [1.54, 1.807) is 6.92 Å². The molecule has 0 aromatic heterocycles. The fourth-order valence-electron chi connectivity index (χ4n) is 3.29. The zero-order valence-corrected chi connectivity index (χ0v) is 14.6. The highest BCUT2D eigenvalue weighted by Gasteiger charge is 2.23. The molecule has 3 rings (SSSR count). The van der Waals surface area contributed by atoms with E-state index >= 15 is 0 Å². The van der Waals surface area contributed by atoms with Gasteiger partial charge in [-0.1, -0.05) is 36.4 Å². The maximum absolute atomic E-state index is 12.8. The standard InChI is InChI=1S/C21H25NO3/c1-15(24)17-5-7-18(8-6-17)19-3-2-4-20(13-19)21(25)22-11-9-16(14-23)10-12-22/h2-8,13,15-16,23-24H,9-12,14H2,1H3/t15-/m1/s1. The van der Waals surface area contributed by atoms with Crippen LogP contribution in [0.25, 0.3) is 11.1 Å². The molecular weight excluding hydrogens is 314 g/mol. The van der Waals surface area contributed by atoms with Crippen molar-refractivity contribution in [3.63, 3.8) is 0 Å². The molecule has 0 bridgehead atoms. The van der Waals surface area contributed by atoms with E-state index in [-0.39, 0.29) is 12.5 Å². The lowest BCUT2D eigenvalue weighted by atomic mass is 9.96. The molecule has 2 aromatic carbocycles. The van der Waals surface area contributed by atoms with Crippen LogP contribution in [-0.4, -0.2) is 40.7 Å². The second-order valence-electron chi connectivity index (χ2n) is 6.80. The third kappa shape index (κ3) is 4.09. The Kier molecular flexibility index (Phi) is 5.51. The Hall–Kier alpha value is -2.17. The number of carbonyl (C=O) groups is 1. The average molecular weight is 339 g/mol. The molecule has 0 aliphatic carbocycles. The highest BCUT2D eigenvalue weighted by atomic mass is 16.3. The smallest absolute Gasteiger partial charge is 0.253 e. The fourth-order valence-corrected chi connectivity index (χ4v) is 3.29. The van der Waals surface area contributed by atoms with E-state index in [4.69, 9.17) is 0 Å². The van der Waals surface area contributed by atoms with E-state index in [9.17, 15) is 15.0 Å². The zero-order chi connectivity index (χ0) is 17.8. The maximum atomic E-state index is 12.8. The molecule has 4 nitrogen and oxygen atoms in total. The molecule has 25 heavy (non-hydrogen) atoms. The van der Waals surface area contributed by atoms with E-state index in [1.165, 1.54) is 0 Å². The lowest BCUT2D eigenvalue weighted by Gasteiger charge is -2.31. The van der Waals surface area contributed by atoms with Crippen LogP contribution in [0, 0.1) is 5.92 Å². The quantitative estimate of drug-likeness (QED) is 0.899. The van der Waals surface area contributed by atoms with Crippen LogP contribution < -0.4 is 0 Å². The van der Waals surface area contributed by atoms with Crippen molar-refractivity contribution in [3.05, 3.63) is 59.7 Å². The van der Waals surface area contributed by atoms with Gasteiger partial charge >= 0.3 is 0 Å². The molecule has 1 fully saturated rings. The molecule has 0 saturated carbocycles. The molecule has 2 aromatic rings. The first-order chi connectivity index (χ1) is 12.1. The van der Waals surface area contributed by atoms with Crippen molar-refractivity contribution in [2.45, 2.75) is 25.9 Å². The molecule has 0 spiro atoms. The lowest BCUT2D eigenvalue weighted by Crippen LogP contribution is -2.39. The second kappa shape index (κ2) is 7.81. The fraction of sp³-hybridized carbons (Fsp3) is 0.381. The summed E-state index contributed by atoms with van der Waals surface area (Å²) < 4.78 is 0. The summed E-state index contributed by atoms with van der Waals surface area (Å²) in [5.74, 6) is 0.377. The number of aliphatic hydroxyl groups excluding tert-OH is 2. The molecule has 1 aliphatic rings. The second-order valence-corrected chi connectivity index (χ2v) is 6.80. The van der Waals surface area contributed by atoms with E-state index in [2.05, 4.69) is 0 Å². The van der Waals surface area contributed by atoms with Crippen LogP contribution in [0.3, 0.4) is 0 Å². The minimum Gasteiger partial charge on any atom is -0.396 e. The summed E-state index contributed by atoms with van der Waals surface area (Å²) in [5.41, 5.74) is 3.59. The Morgan fingerprint density at radius 2 is 1.80 bits per heavy atom. The molecule has 1 saturated heterocycles. The summed E-state index contributed by atoms with van der Waals surface area (Å²) in [6.07, 6.45) is 1.25. The topological polar surface area (TPSA) is 60.8 Å². The number of likely N-dealkylation sites (tertiary alicyclic amines) is 1. The van der Waals surface area contributed by atoms with Crippen molar-refractivity contribution < 1.29 is 15.0 Å². The van der Waals surface area contributed by atoms with Gasteiger partial charge in [0.05, 0.1) is 6.10 Å². The largest absolute Gasteiger partial charge is 0.396 e. The summed E-state index contributed by atoms with van der Waals surface area (Å²) in [7, 11) is 0. The van der Waals surface area contributed by atoms with Gasteiger partial charge in [-0.05, 0) is 54.5 Å². The number of aliphatic hydroxyl groups is 2. The molecular formula is C21H25NO3. The van der Waals surface area contributed by atoms with Gasteiger partial charge in [-0.3, -0.25) is 4.79 Å². The van der Waals surface area contributed by atoms with Crippen LogP contribution in [0.15, 0.2) is 48.5 Å². The summed E-state index contributed by atoms with van der Waals surface area (Å²) in [6, 6.07) is 15.4. The number of amides is 1. The molecule has 2 N–H and O–H groups in total. The SMILES string of the molecule is C[C@@H](O)c1ccc(-c2cccc(C(=O)N3CCC(CO)CC3)c2)cc1. The van der Waals surface area contributed by atoms with Crippen molar-refractivity contribution in [2.75, 3.05) is 19.7 Å². The first-order valence-electron chi connectivity index (χ1n) is 8.87. The normalized spacial score (nSPS) is 16.7. The highest BCUT2D eigenvalue weighted by Crippen LogP contribution is 2.24.